The highest BCUT2D eigenvalue weighted by atomic mass is 35.5. The standard InChI is InChI=1S/C25H28ClN7O2/c1-5-33-16(2)17(13-29-33)15-32(4)25(34)23-20-12-18(26)6-8-21(20)30-24(31-23)22-9-7-19(14-28-22)35-11-10-27-3/h6-9,12-14,27H,5,10-11,15H2,1-4H3. The van der Waals surface area contributed by atoms with E-state index in [4.69, 9.17) is 16.3 Å². The molecule has 9 nitrogen and oxygen atoms in total. The van der Waals surface area contributed by atoms with Crippen LogP contribution in [0.3, 0.4) is 0 Å². The molecule has 0 spiro atoms. The molecule has 1 aromatic carbocycles. The minimum Gasteiger partial charge on any atom is -0.491 e. The molecule has 0 bridgehead atoms. The molecule has 0 saturated heterocycles. The maximum atomic E-state index is 13.6. The van der Waals surface area contributed by atoms with Crippen molar-refractivity contribution in [3.8, 4) is 17.3 Å². The van der Waals surface area contributed by atoms with Crippen LogP contribution < -0.4 is 10.1 Å². The Hall–Kier alpha value is -3.56. The minimum absolute atomic E-state index is 0.239. The van der Waals surface area contributed by atoms with Crippen molar-refractivity contribution in [1.82, 2.24) is 34.9 Å². The maximum Gasteiger partial charge on any atom is 0.273 e. The molecule has 0 saturated carbocycles. The van der Waals surface area contributed by atoms with E-state index in [1.54, 1.807) is 48.6 Å². The Balaban J connectivity index is 1.67. The van der Waals surface area contributed by atoms with E-state index in [1.165, 1.54) is 0 Å². The van der Waals surface area contributed by atoms with Gasteiger partial charge >= 0.3 is 0 Å². The van der Waals surface area contributed by atoms with Crippen molar-refractivity contribution in [2.75, 3.05) is 27.2 Å². The Morgan fingerprint density at radius 1 is 1.20 bits per heavy atom. The second-order valence-corrected chi connectivity index (χ2v) is 8.56. The van der Waals surface area contributed by atoms with Crippen LogP contribution in [0.25, 0.3) is 22.4 Å². The van der Waals surface area contributed by atoms with Gasteiger partial charge in [0.15, 0.2) is 5.82 Å². The Morgan fingerprint density at radius 3 is 2.71 bits per heavy atom. The molecule has 0 aliphatic heterocycles. The molecule has 3 aromatic heterocycles. The first-order chi connectivity index (χ1) is 16.9. The molecular weight excluding hydrogens is 466 g/mol. The summed E-state index contributed by atoms with van der Waals surface area (Å²) in [4.78, 5) is 28.9. The molecule has 0 fully saturated rings. The predicted octanol–water partition coefficient (Wildman–Crippen LogP) is 3.74. The van der Waals surface area contributed by atoms with Gasteiger partial charge in [-0.25, -0.2) is 15.0 Å². The summed E-state index contributed by atoms with van der Waals surface area (Å²) in [6.07, 6.45) is 3.43. The fourth-order valence-corrected chi connectivity index (χ4v) is 3.89. The van der Waals surface area contributed by atoms with E-state index < -0.39 is 0 Å². The smallest absolute Gasteiger partial charge is 0.273 e. The largest absolute Gasteiger partial charge is 0.491 e. The summed E-state index contributed by atoms with van der Waals surface area (Å²) < 4.78 is 7.55. The molecule has 182 valence electrons. The maximum absolute atomic E-state index is 13.6. The highest BCUT2D eigenvalue weighted by molar-refractivity contribution is 6.31. The summed E-state index contributed by atoms with van der Waals surface area (Å²) >= 11 is 6.25. The number of rotatable bonds is 9. The van der Waals surface area contributed by atoms with Crippen molar-refractivity contribution in [2.24, 2.45) is 0 Å². The molecule has 10 heteroatoms. The van der Waals surface area contributed by atoms with Gasteiger partial charge in [-0.3, -0.25) is 9.48 Å². The number of benzene rings is 1. The van der Waals surface area contributed by atoms with Crippen molar-refractivity contribution in [3.63, 3.8) is 0 Å². The van der Waals surface area contributed by atoms with E-state index in [0.29, 0.717) is 46.3 Å². The van der Waals surface area contributed by atoms with Gasteiger partial charge in [0.05, 0.1) is 17.9 Å². The lowest BCUT2D eigenvalue weighted by Gasteiger charge is -2.18. The number of hydrogen-bond donors (Lipinski definition) is 1. The van der Waals surface area contributed by atoms with Gasteiger partial charge in [0.2, 0.25) is 0 Å². The van der Waals surface area contributed by atoms with Crippen LogP contribution in [0.5, 0.6) is 5.75 Å². The summed E-state index contributed by atoms with van der Waals surface area (Å²) in [6.45, 7) is 6.48. The van der Waals surface area contributed by atoms with Gasteiger partial charge in [0, 0.05) is 48.3 Å². The number of nitrogens with one attached hydrogen (secondary N) is 1. The van der Waals surface area contributed by atoms with Crippen molar-refractivity contribution < 1.29 is 9.53 Å². The summed E-state index contributed by atoms with van der Waals surface area (Å²) in [5.41, 5.74) is 3.44. The summed E-state index contributed by atoms with van der Waals surface area (Å²) in [6, 6.07) is 8.84. The number of halogens is 1. The third-order valence-corrected chi connectivity index (χ3v) is 5.94. The van der Waals surface area contributed by atoms with E-state index in [0.717, 1.165) is 24.3 Å². The molecule has 1 N–H and O–H groups in total. The average molecular weight is 494 g/mol. The van der Waals surface area contributed by atoms with Crippen molar-refractivity contribution in [2.45, 2.75) is 26.9 Å². The number of fused-ring (bicyclic) bond motifs is 1. The molecule has 35 heavy (non-hydrogen) atoms. The number of hydrogen-bond acceptors (Lipinski definition) is 7. The molecule has 0 aliphatic rings. The van der Waals surface area contributed by atoms with Gasteiger partial charge in [-0.15, -0.1) is 0 Å². The third-order valence-electron chi connectivity index (χ3n) is 5.71. The molecule has 0 radical (unpaired) electrons. The van der Waals surface area contributed by atoms with Crippen LogP contribution in [0, 0.1) is 6.92 Å². The zero-order valence-electron chi connectivity index (χ0n) is 20.2. The van der Waals surface area contributed by atoms with Crippen molar-refractivity contribution in [3.05, 3.63) is 64.7 Å². The van der Waals surface area contributed by atoms with Gasteiger partial charge in [-0.05, 0) is 51.2 Å². The third kappa shape index (κ3) is 5.41. The normalized spacial score (nSPS) is 11.1. The number of carbonyl (C=O) groups is 1. The number of aryl methyl sites for hydroxylation is 1. The van der Waals surface area contributed by atoms with Crippen LogP contribution in [-0.2, 0) is 13.1 Å². The fraction of sp³-hybridized carbons (Fsp3) is 0.320. The van der Waals surface area contributed by atoms with Crippen LogP contribution in [0.15, 0.2) is 42.7 Å². The van der Waals surface area contributed by atoms with E-state index in [-0.39, 0.29) is 11.6 Å². The fourth-order valence-electron chi connectivity index (χ4n) is 3.71. The van der Waals surface area contributed by atoms with E-state index in [9.17, 15) is 4.79 Å². The molecule has 1 amide bonds. The summed E-state index contributed by atoms with van der Waals surface area (Å²) in [5.74, 6) is 0.764. The number of aromatic nitrogens is 5. The SMILES string of the molecule is CCn1ncc(CN(C)C(=O)c2nc(-c3ccc(OCCNC)cn3)nc3ccc(Cl)cc23)c1C. The highest BCUT2D eigenvalue weighted by Gasteiger charge is 2.21. The number of ether oxygens (including phenoxy) is 1. The topological polar surface area (TPSA) is 98.1 Å². The Bertz CT molecular complexity index is 1340. The minimum atomic E-state index is -0.239. The second kappa shape index (κ2) is 10.8. The number of nitrogens with zero attached hydrogens (tertiary/aromatic N) is 6. The Labute approximate surface area is 209 Å². The molecule has 3 heterocycles. The second-order valence-electron chi connectivity index (χ2n) is 8.12. The average Bonchev–Trinajstić information content (AvgIpc) is 3.22. The van der Waals surface area contributed by atoms with E-state index in [1.807, 2.05) is 31.6 Å². The molecular formula is C25H28ClN7O2. The summed E-state index contributed by atoms with van der Waals surface area (Å²) in [7, 11) is 3.61. The lowest BCUT2D eigenvalue weighted by atomic mass is 10.1. The predicted molar refractivity (Wildman–Crippen MR) is 136 cm³/mol. The molecule has 0 unspecified atom stereocenters. The van der Waals surface area contributed by atoms with Gasteiger partial charge in [-0.2, -0.15) is 5.10 Å². The lowest BCUT2D eigenvalue weighted by Crippen LogP contribution is -2.28. The Kier molecular flexibility index (Phi) is 7.57. The van der Waals surface area contributed by atoms with Gasteiger partial charge in [-0.1, -0.05) is 11.6 Å². The van der Waals surface area contributed by atoms with Crippen LogP contribution in [0.4, 0.5) is 0 Å². The summed E-state index contributed by atoms with van der Waals surface area (Å²) in [5, 5.41) is 8.50. The number of carbonyl (C=O) groups excluding carboxylic acids is 1. The first kappa shape index (κ1) is 24.6. The number of amides is 1. The monoisotopic (exact) mass is 493 g/mol. The van der Waals surface area contributed by atoms with Gasteiger partial charge < -0.3 is 15.0 Å². The quantitative estimate of drug-likeness (QED) is 0.355. The lowest BCUT2D eigenvalue weighted by molar-refractivity contribution is 0.0781. The number of likely N-dealkylation sites (N-methyl/N-ethyl adjacent to an activating group) is 1. The van der Waals surface area contributed by atoms with Crippen LogP contribution in [0.2, 0.25) is 5.02 Å². The Morgan fingerprint density at radius 2 is 2.03 bits per heavy atom. The first-order valence-electron chi connectivity index (χ1n) is 11.4. The van der Waals surface area contributed by atoms with Crippen LogP contribution >= 0.6 is 11.6 Å². The van der Waals surface area contributed by atoms with Gasteiger partial charge in [0.25, 0.3) is 5.91 Å². The number of pyridine rings is 1. The highest BCUT2D eigenvalue weighted by Crippen LogP contribution is 2.26. The van der Waals surface area contributed by atoms with Crippen molar-refractivity contribution in [1.29, 1.82) is 0 Å². The zero-order valence-corrected chi connectivity index (χ0v) is 21.0. The molecule has 4 aromatic rings. The van der Waals surface area contributed by atoms with Crippen molar-refractivity contribution >= 4 is 28.4 Å². The van der Waals surface area contributed by atoms with E-state index >= 15 is 0 Å². The molecule has 0 atom stereocenters. The molecule has 4 rings (SSSR count). The van der Waals surface area contributed by atoms with Gasteiger partial charge in [0.1, 0.15) is 23.7 Å². The van der Waals surface area contributed by atoms with Crippen LogP contribution in [-0.4, -0.2) is 62.8 Å². The zero-order chi connectivity index (χ0) is 24.9. The molecule has 0 aliphatic carbocycles. The van der Waals surface area contributed by atoms with Crippen LogP contribution in [0.1, 0.15) is 28.7 Å². The van der Waals surface area contributed by atoms with E-state index in [2.05, 4.69) is 25.4 Å². The first-order valence-corrected chi connectivity index (χ1v) is 11.8.